The Hall–Kier alpha value is -1.96. The molecule has 2 aliphatic rings. The van der Waals surface area contributed by atoms with E-state index in [-0.39, 0.29) is 17.9 Å². The average Bonchev–Trinajstić information content (AvgIpc) is 3.02. The molecule has 2 fully saturated rings. The van der Waals surface area contributed by atoms with Crippen molar-refractivity contribution in [1.82, 2.24) is 14.9 Å². The van der Waals surface area contributed by atoms with Crippen molar-refractivity contribution in [3.05, 3.63) is 12.3 Å². The quantitative estimate of drug-likeness (QED) is 0.785. The highest BCUT2D eigenvalue weighted by Gasteiger charge is 2.35. The van der Waals surface area contributed by atoms with Crippen molar-refractivity contribution in [2.24, 2.45) is 5.92 Å². The summed E-state index contributed by atoms with van der Waals surface area (Å²) in [6.07, 6.45) is 2.95. The molecule has 0 aliphatic carbocycles. The maximum Gasteiger partial charge on any atom is 0.227 e. The Bertz CT molecular complexity index is 623. The normalized spacial score (nSPS) is 26.0. The topological polar surface area (TPSA) is 61.8 Å². The predicted octanol–water partition coefficient (Wildman–Crippen LogP) is 1.34. The Balaban J connectivity index is 1.69. The molecule has 2 saturated heterocycles. The molecule has 0 N–H and O–H groups in total. The van der Waals surface area contributed by atoms with Crippen LogP contribution in [0.1, 0.15) is 19.3 Å². The summed E-state index contributed by atoms with van der Waals surface area (Å²) in [4.78, 5) is 26.9. The maximum absolute atomic E-state index is 14.2. The van der Waals surface area contributed by atoms with Crippen LogP contribution in [0.2, 0.25) is 0 Å². The van der Waals surface area contributed by atoms with Crippen molar-refractivity contribution in [3.63, 3.8) is 0 Å². The minimum atomic E-state index is -0.917. The zero-order chi connectivity index (χ0) is 18.7. The number of carbonyl (C=O) groups is 1. The van der Waals surface area contributed by atoms with Gasteiger partial charge in [0.2, 0.25) is 11.9 Å². The summed E-state index contributed by atoms with van der Waals surface area (Å²) in [7, 11) is 5.54. The van der Waals surface area contributed by atoms with Gasteiger partial charge >= 0.3 is 0 Å². The molecule has 0 aromatic carbocycles. The van der Waals surface area contributed by atoms with Crippen LogP contribution in [0.3, 0.4) is 0 Å². The lowest BCUT2D eigenvalue weighted by atomic mass is 10.0. The van der Waals surface area contributed by atoms with Crippen LogP contribution in [0, 0.1) is 5.92 Å². The molecule has 26 heavy (non-hydrogen) atoms. The average molecular weight is 365 g/mol. The first-order chi connectivity index (χ1) is 12.5. The lowest BCUT2D eigenvalue weighted by Crippen LogP contribution is -2.45. The van der Waals surface area contributed by atoms with E-state index in [1.807, 2.05) is 23.9 Å². The fraction of sp³-hybridized carbons (Fsp3) is 0.722. The number of rotatable bonds is 5. The van der Waals surface area contributed by atoms with Gasteiger partial charge in [0, 0.05) is 46.9 Å². The molecule has 0 spiro atoms. The second kappa shape index (κ2) is 8.16. The van der Waals surface area contributed by atoms with Crippen molar-refractivity contribution >= 4 is 17.7 Å². The van der Waals surface area contributed by atoms with Gasteiger partial charge < -0.3 is 19.4 Å². The molecular formula is C18H28FN5O2. The monoisotopic (exact) mass is 365 g/mol. The molecular weight excluding hydrogens is 337 g/mol. The minimum Gasteiger partial charge on any atom is -0.381 e. The SMILES string of the molecule is CN(C[C@@H]1C[C@H](F)CN1c1ccnc(N(C)C)n1)C(=O)C1CCCOC1. The van der Waals surface area contributed by atoms with Crippen LogP contribution in [-0.4, -0.2) is 80.4 Å². The van der Waals surface area contributed by atoms with E-state index in [1.54, 1.807) is 24.2 Å². The summed E-state index contributed by atoms with van der Waals surface area (Å²) in [5.74, 6) is 1.30. The fourth-order valence-corrected chi connectivity index (χ4v) is 3.68. The van der Waals surface area contributed by atoms with Crippen LogP contribution >= 0.6 is 0 Å². The number of likely N-dealkylation sites (N-methyl/N-ethyl adjacent to an activating group) is 1. The second-order valence-corrected chi connectivity index (χ2v) is 7.38. The number of aromatic nitrogens is 2. The van der Waals surface area contributed by atoms with Crippen molar-refractivity contribution in [2.75, 3.05) is 57.2 Å². The molecule has 1 aromatic rings. The third-order valence-electron chi connectivity index (χ3n) is 5.06. The molecule has 8 heteroatoms. The number of hydrogen-bond acceptors (Lipinski definition) is 6. The Morgan fingerprint density at radius 2 is 2.23 bits per heavy atom. The Labute approximate surface area is 154 Å². The van der Waals surface area contributed by atoms with Gasteiger partial charge in [-0.25, -0.2) is 9.37 Å². The van der Waals surface area contributed by atoms with Gasteiger partial charge in [-0.05, 0) is 18.9 Å². The van der Waals surface area contributed by atoms with Crippen molar-refractivity contribution in [2.45, 2.75) is 31.5 Å². The van der Waals surface area contributed by atoms with Crippen LogP contribution in [0.5, 0.6) is 0 Å². The van der Waals surface area contributed by atoms with Crippen LogP contribution in [0.25, 0.3) is 0 Å². The molecule has 7 nitrogen and oxygen atoms in total. The first-order valence-corrected chi connectivity index (χ1v) is 9.19. The first-order valence-electron chi connectivity index (χ1n) is 9.19. The largest absolute Gasteiger partial charge is 0.381 e. The van der Waals surface area contributed by atoms with Crippen molar-refractivity contribution in [1.29, 1.82) is 0 Å². The Morgan fingerprint density at radius 3 is 2.92 bits per heavy atom. The lowest BCUT2D eigenvalue weighted by molar-refractivity contribution is -0.138. The fourth-order valence-electron chi connectivity index (χ4n) is 3.68. The summed E-state index contributed by atoms with van der Waals surface area (Å²) in [6, 6.07) is 1.71. The van der Waals surface area contributed by atoms with Gasteiger partial charge in [0.25, 0.3) is 0 Å². The van der Waals surface area contributed by atoms with Crippen LogP contribution in [0.4, 0.5) is 16.2 Å². The number of hydrogen-bond donors (Lipinski definition) is 0. The van der Waals surface area contributed by atoms with Gasteiger partial charge in [-0.2, -0.15) is 4.98 Å². The predicted molar refractivity (Wildman–Crippen MR) is 98.2 cm³/mol. The van der Waals surface area contributed by atoms with Crippen LogP contribution < -0.4 is 9.80 Å². The molecule has 3 heterocycles. The third kappa shape index (κ3) is 4.23. The number of amides is 1. The number of nitrogens with zero attached hydrogens (tertiary/aromatic N) is 5. The molecule has 0 bridgehead atoms. The standard InChI is InChI=1S/C18H28FN5O2/c1-22(2)18-20-7-6-16(21-18)24-10-14(19)9-15(24)11-23(3)17(25)13-5-4-8-26-12-13/h6-7,13-15H,4-5,8-12H2,1-3H3/t13?,14-,15-/m0/s1. The number of carbonyl (C=O) groups excluding carboxylic acids is 1. The number of anilines is 2. The van der Waals surface area contributed by atoms with E-state index >= 15 is 0 Å². The van der Waals surface area contributed by atoms with Gasteiger partial charge in [-0.15, -0.1) is 0 Å². The van der Waals surface area contributed by atoms with E-state index in [0.717, 1.165) is 19.4 Å². The highest BCUT2D eigenvalue weighted by Crippen LogP contribution is 2.27. The molecule has 0 radical (unpaired) electrons. The highest BCUT2D eigenvalue weighted by molar-refractivity contribution is 5.78. The molecule has 1 unspecified atom stereocenters. The van der Waals surface area contributed by atoms with Crippen LogP contribution in [0.15, 0.2) is 12.3 Å². The Morgan fingerprint density at radius 1 is 1.42 bits per heavy atom. The number of ether oxygens (including phenoxy) is 1. The van der Waals surface area contributed by atoms with Gasteiger partial charge in [0.1, 0.15) is 12.0 Å². The van der Waals surface area contributed by atoms with Crippen LogP contribution in [-0.2, 0) is 9.53 Å². The number of alkyl halides is 1. The van der Waals surface area contributed by atoms with Gasteiger partial charge in [-0.1, -0.05) is 0 Å². The molecule has 1 aromatic heterocycles. The smallest absolute Gasteiger partial charge is 0.227 e. The maximum atomic E-state index is 14.2. The summed E-state index contributed by atoms with van der Waals surface area (Å²) in [5.41, 5.74) is 0. The van der Waals surface area contributed by atoms with Gasteiger partial charge in [0.05, 0.1) is 25.1 Å². The zero-order valence-electron chi connectivity index (χ0n) is 15.8. The number of halogens is 1. The van der Waals surface area contributed by atoms with E-state index in [1.165, 1.54) is 0 Å². The van der Waals surface area contributed by atoms with E-state index in [2.05, 4.69) is 9.97 Å². The van der Waals surface area contributed by atoms with E-state index in [4.69, 9.17) is 4.74 Å². The molecule has 2 aliphatic heterocycles. The van der Waals surface area contributed by atoms with E-state index in [0.29, 0.717) is 37.9 Å². The molecule has 0 saturated carbocycles. The summed E-state index contributed by atoms with van der Waals surface area (Å²) < 4.78 is 19.6. The molecule has 3 atom stereocenters. The van der Waals surface area contributed by atoms with Crippen molar-refractivity contribution < 1.29 is 13.9 Å². The molecule has 3 rings (SSSR count). The summed E-state index contributed by atoms with van der Waals surface area (Å²) >= 11 is 0. The molecule has 1 amide bonds. The second-order valence-electron chi connectivity index (χ2n) is 7.38. The van der Waals surface area contributed by atoms with Gasteiger partial charge in [-0.3, -0.25) is 4.79 Å². The van der Waals surface area contributed by atoms with Gasteiger partial charge in [0.15, 0.2) is 0 Å². The highest BCUT2D eigenvalue weighted by atomic mass is 19.1. The lowest BCUT2D eigenvalue weighted by Gasteiger charge is -2.32. The van der Waals surface area contributed by atoms with Crippen molar-refractivity contribution in [3.8, 4) is 0 Å². The zero-order valence-corrected chi connectivity index (χ0v) is 15.8. The minimum absolute atomic E-state index is 0.0795. The van der Waals surface area contributed by atoms with E-state index in [9.17, 15) is 9.18 Å². The Kier molecular flexibility index (Phi) is 5.90. The third-order valence-corrected chi connectivity index (χ3v) is 5.06. The summed E-state index contributed by atoms with van der Waals surface area (Å²) in [6.45, 7) is 2.00. The summed E-state index contributed by atoms with van der Waals surface area (Å²) in [5, 5.41) is 0. The van der Waals surface area contributed by atoms with E-state index < -0.39 is 6.17 Å². The molecule has 144 valence electrons. The first kappa shape index (κ1) is 18.8.